The van der Waals surface area contributed by atoms with Crippen molar-refractivity contribution in [2.75, 3.05) is 31.5 Å². The molecule has 0 saturated heterocycles. The number of nitrogens with zero attached hydrogens (tertiary/aromatic N) is 3. The molecule has 0 fully saturated rings. The lowest BCUT2D eigenvalue weighted by molar-refractivity contribution is -0.140. The van der Waals surface area contributed by atoms with Crippen molar-refractivity contribution in [2.24, 2.45) is 5.92 Å². The first kappa shape index (κ1) is 31.1. The van der Waals surface area contributed by atoms with E-state index in [4.69, 9.17) is 11.6 Å². The lowest BCUT2D eigenvalue weighted by Gasteiger charge is -2.34. The number of hydrogen-bond donors (Lipinski definition) is 1. The van der Waals surface area contributed by atoms with Crippen LogP contribution in [0.5, 0.6) is 0 Å². The molecule has 0 aromatic heterocycles. The Hall–Kier alpha value is -3.40. The van der Waals surface area contributed by atoms with Gasteiger partial charge in [0.2, 0.25) is 11.8 Å². The van der Waals surface area contributed by atoms with Crippen molar-refractivity contribution in [2.45, 2.75) is 32.9 Å². The second kappa shape index (κ2) is 14.3. The normalized spacial score (nSPS) is 12.3. The number of para-hydroxylation sites is 1. The van der Waals surface area contributed by atoms with E-state index in [1.807, 2.05) is 50.2 Å². The van der Waals surface area contributed by atoms with Gasteiger partial charge in [0.25, 0.3) is 0 Å². The predicted octanol–water partition coefficient (Wildman–Crippen LogP) is 4.37. The summed E-state index contributed by atoms with van der Waals surface area (Å²) in [6.45, 7) is 3.93. The number of nitrogens with one attached hydrogen (secondary N) is 1. The lowest BCUT2D eigenvalue weighted by atomic mass is 10.0. The predicted molar refractivity (Wildman–Crippen MR) is 160 cm³/mol. The Labute approximate surface area is 242 Å². The van der Waals surface area contributed by atoms with Gasteiger partial charge in [0.1, 0.15) is 12.6 Å². The zero-order valence-electron chi connectivity index (χ0n) is 23.3. The topological polar surface area (TPSA) is 90.0 Å². The maximum Gasteiger partial charge on any atom is 0.304 e. The van der Waals surface area contributed by atoms with Crippen LogP contribution in [0.3, 0.4) is 0 Å². The van der Waals surface area contributed by atoms with Gasteiger partial charge < -0.3 is 10.2 Å². The number of halogens is 1. The summed E-state index contributed by atoms with van der Waals surface area (Å²) < 4.78 is 28.8. The molecular weight excluding hydrogens is 548 g/mol. The first-order chi connectivity index (χ1) is 19.0. The van der Waals surface area contributed by atoms with Gasteiger partial charge >= 0.3 is 10.2 Å². The molecule has 0 bridgehead atoms. The number of rotatable bonds is 13. The molecule has 0 saturated carbocycles. The number of carbonyl (C=O) groups is 2. The molecule has 214 valence electrons. The van der Waals surface area contributed by atoms with Crippen LogP contribution in [-0.2, 0) is 32.8 Å². The highest BCUT2D eigenvalue weighted by atomic mass is 35.5. The van der Waals surface area contributed by atoms with E-state index in [1.54, 1.807) is 48.5 Å². The number of hydrogen-bond acceptors (Lipinski definition) is 4. The molecule has 40 heavy (non-hydrogen) atoms. The van der Waals surface area contributed by atoms with E-state index < -0.39 is 28.7 Å². The van der Waals surface area contributed by atoms with Crippen molar-refractivity contribution >= 4 is 39.3 Å². The maximum absolute atomic E-state index is 14.2. The van der Waals surface area contributed by atoms with E-state index in [9.17, 15) is 18.0 Å². The van der Waals surface area contributed by atoms with Crippen molar-refractivity contribution in [3.8, 4) is 0 Å². The van der Waals surface area contributed by atoms with Gasteiger partial charge in [0, 0.05) is 38.6 Å². The Balaban J connectivity index is 2.08. The van der Waals surface area contributed by atoms with E-state index in [1.165, 1.54) is 19.0 Å². The summed E-state index contributed by atoms with van der Waals surface area (Å²) in [5.74, 6) is -0.651. The van der Waals surface area contributed by atoms with Crippen molar-refractivity contribution < 1.29 is 18.0 Å². The number of anilines is 1. The Morgan fingerprint density at radius 3 is 2.02 bits per heavy atom. The monoisotopic (exact) mass is 584 g/mol. The molecule has 0 heterocycles. The highest BCUT2D eigenvalue weighted by Gasteiger charge is 2.34. The summed E-state index contributed by atoms with van der Waals surface area (Å²) in [5, 5.41) is 3.41. The van der Waals surface area contributed by atoms with Gasteiger partial charge in [0.15, 0.2) is 0 Å². The SMILES string of the molecule is CC(C)CNC(=O)[C@H](Cc1ccccc1)N(Cc1ccccc1Cl)C(=O)CN(c1ccccc1)S(=O)(=O)N(C)C. The number of carbonyl (C=O) groups excluding carboxylic acids is 2. The summed E-state index contributed by atoms with van der Waals surface area (Å²) >= 11 is 6.48. The van der Waals surface area contributed by atoms with Gasteiger partial charge in [0.05, 0.1) is 5.69 Å². The average molecular weight is 585 g/mol. The van der Waals surface area contributed by atoms with Gasteiger partial charge in [-0.25, -0.2) is 4.31 Å². The molecule has 10 heteroatoms. The van der Waals surface area contributed by atoms with Crippen LogP contribution in [0.4, 0.5) is 5.69 Å². The van der Waals surface area contributed by atoms with Crippen molar-refractivity contribution in [1.29, 1.82) is 0 Å². The van der Waals surface area contributed by atoms with E-state index >= 15 is 0 Å². The summed E-state index contributed by atoms with van der Waals surface area (Å²) in [7, 11) is -1.21. The Kier molecular flexibility index (Phi) is 11.1. The Morgan fingerprint density at radius 1 is 0.875 bits per heavy atom. The molecule has 0 radical (unpaired) electrons. The van der Waals surface area contributed by atoms with Gasteiger partial charge in [-0.05, 0) is 35.2 Å². The standard InChI is InChI=1S/C30H37ClN4O4S/c1-23(2)20-32-30(37)28(19-24-13-7-5-8-14-24)34(21-25-15-11-12-18-27(25)31)29(36)22-35(40(38,39)33(3)4)26-16-9-6-10-17-26/h5-18,23,28H,19-22H2,1-4H3,(H,32,37)/t28-/m0/s1. The van der Waals surface area contributed by atoms with Crippen LogP contribution in [0.25, 0.3) is 0 Å². The molecule has 0 aliphatic carbocycles. The highest BCUT2D eigenvalue weighted by Crippen LogP contribution is 2.23. The Morgan fingerprint density at radius 2 is 1.45 bits per heavy atom. The second-order valence-electron chi connectivity index (χ2n) is 10.1. The first-order valence-electron chi connectivity index (χ1n) is 13.1. The quantitative estimate of drug-likeness (QED) is 0.323. The van der Waals surface area contributed by atoms with Crippen LogP contribution in [0, 0.1) is 5.92 Å². The third-order valence-electron chi connectivity index (χ3n) is 6.32. The fraction of sp³-hybridized carbons (Fsp3) is 0.333. The molecule has 0 unspecified atom stereocenters. The van der Waals surface area contributed by atoms with Crippen LogP contribution in [0.2, 0.25) is 5.02 Å². The molecule has 1 N–H and O–H groups in total. The average Bonchev–Trinajstić information content (AvgIpc) is 2.93. The van der Waals surface area contributed by atoms with Crippen molar-refractivity contribution in [3.05, 3.63) is 101 Å². The second-order valence-corrected chi connectivity index (χ2v) is 12.6. The number of amides is 2. The minimum atomic E-state index is -4.04. The fourth-order valence-electron chi connectivity index (χ4n) is 4.10. The molecule has 1 atom stereocenters. The smallest absolute Gasteiger partial charge is 0.304 e. The summed E-state index contributed by atoms with van der Waals surface area (Å²) in [5.41, 5.74) is 1.85. The van der Waals surface area contributed by atoms with E-state index in [-0.39, 0.29) is 24.8 Å². The zero-order chi connectivity index (χ0) is 29.3. The van der Waals surface area contributed by atoms with Gasteiger partial charge in [-0.3, -0.25) is 9.59 Å². The van der Waals surface area contributed by atoms with Crippen molar-refractivity contribution in [1.82, 2.24) is 14.5 Å². The van der Waals surface area contributed by atoms with Crippen LogP contribution >= 0.6 is 11.6 Å². The van der Waals surface area contributed by atoms with Crippen LogP contribution in [0.15, 0.2) is 84.9 Å². The summed E-state index contributed by atoms with van der Waals surface area (Å²) in [4.78, 5) is 29.3. The van der Waals surface area contributed by atoms with Gasteiger partial charge in [-0.1, -0.05) is 92.2 Å². The number of benzene rings is 3. The summed E-state index contributed by atoms with van der Waals surface area (Å²) in [6.07, 6.45) is 0.243. The van der Waals surface area contributed by atoms with Crippen LogP contribution in [-0.4, -0.2) is 62.7 Å². The van der Waals surface area contributed by atoms with Crippen molar-refractivity contribution in [3.63, 3.8) is 0 Å². The van der Waals surface area contributed by atoms with E-state index in [0.29, 0.717) is 22.8 Å². The molecule has 0 aliphatic heterocycles. The summed E-state index contributed by atoms with van der Waals surface area (Å²) in [6, 6.07) is 24.1. The molecule has 3 aromatic rings. The molecular formula is C30H37ClN4O4S. The first-order valence-corrected chi connectivity index (χ1v) is 14.9. The third-order valence-corrected chi connectivity index (χ3v) is 8.51. The highest BCUT2D eigenvalue weighted by molar-refractivity contribution is 7.90. The molecule has 0 aliphatic rings. The minimum Gasteiger partial charge on any atom is -0.354 e. The van der Waals surface area contributed by atoms with E-state index in [0.717, 1.165) is 14.2 Å². The zero-order valence-corrected chi connectivity index (χ0v) is 24.9. The lowest BCUT2D eigenvalue weighted by Crippen LogP contribution is -2.54. The molecule has 0 spiro atoms. The van der Waals surface area contributed by atoms with Gasteiger partial charge in [-0.2, -0.15) is 12.7 Å². The van der Waals surface area contributed by atoms with Gasteiger partial charge in [-0.15, -0.1) is 0 Å². The minimum absolute atomic E-state index is 0.0236. The molecule has 2 amide bonds. The molecule has 3 rings (SSSR count). The van der Waals surface area contributed by atoms with Crippen LogP contribution < -0.4 is 9.62 Å². The third kappa shape index (κ3) is 8.30. The van der Waals surface area contributed by atoms with E-state index in [2.05, 4.69) is 5.32 Å². The van der Waals surface area contributed by atoms with Crippen LogP contribution in [0.1, 0.15) is 25.0 Å². The fourth-order valence-corrected chi connectivity index (χ4v) is 5.35. The maximum atomic E-state index is 14.2. The largest absolute Gasteiger partial charge is 0.354 e. The Bertz CT molecular complexity index is 1370. The molecule has 3 aromatic carbocycles. The molecule has 8 nitrogen and oxygen atoms in total.